The van der Waals surface area contributed by atoms with Crippen LogP contribution in [-0.4, -0.2) is 9.36 Å². The van der Waals surface area contributed by atoms with Gasteiger partial charge >= 0.3 is 0 Å². The number of aryl methyl sites for hydroxylation is 2. The standard InChI is InChI=1S/C15H21N3O/c1-9(2)14-13(16)15(19)18(17(14)5)12-8-10(3)6-7-11(12)4/h6-9H,16H2,1-5H3. The van der Waals surface area contributed by atoms with Gasteiger partial charge in [0.2, 0.25) is 0 Å². The van der Waals surface area contributed by atoms with E-state index in [0.717, 1.165) is 22.5 Å². The van der Waals surface area contributed by atoms with E-state index in [-0.39, 0.29) is 11.5 Å². The van der Waals surface area contributed by atoms with E-state index in [1.165, 1.54) is 0 Å². The minimum Gasteiger partial charge on any atom is -0.393 e. The van der Waals surface area contributed by atoms with Crippen LogP contribution in [-0.2, 0) is 7.05 Å². The lowest BCUT2D eigenvalue weighted by Crippen LogP contribution is -2.21. The van der Waals surface area contributed by atoms with Gasteiger partial charge in [0.1, 0.15) is 5.69 Å². The first-order chi connectivity index (χ1) is 8.84. The van der Waals surface area contributed by atoms with E-state index in [1.54, 1.807) is 4.68 Å². The fraction of sp³-hybridized carbons (Fsp3) is 0.400. The van der Waals surface area contributed by atoms with Crippen molar-refractivity contribution in [3.8, 4) is 5.69 Å². The average molecular weight is 259 g/mol. The molecule has 2 rings (SSSR count). The van der Waals surface area contributed by atoms with Gasteiger partial charge < -0.3 is 5.73 Å². The maximum atomic E-state index is 12.4. The molecular weight excluding hydrogens is 238 g/mol. The molecule has 1 aromatic carbocycles. The van der Waals surface area contributed by atoms with E-state index in [1.807, 2.05) is 57.6 Å². The second-order valence-corrected chi connectivity index (χ2v) is 5.38. The summed E-state index contributed by atoms with van der Waals surface area (Å²) in [5, 5.41) is 0. The molecule has 4 heteroatoms. The highest BCUT2D eigenvalue weighted by Gasteiger charge is 2.19. The first-order valence-electron chi connectivity index (χ1n) is 6.49. The van der Waals surface area contributed by atoms with Gasteiger partial charge in [-0.25, -0.2) is 4.68 Å². The van der Waals surface area contributed by atoms with Crippen LogP contribution in [0.3, 0.4) is 0 Å². The van der Waals surface area contributed by atoms with Crippen molar-refractivity contribution in [2.45, 2.75) is 33.6 Å². The van der Waals surface area contributed by atoms with Crippen LogP contribution >= 0.6 is 0 Å². The Morgan fingerprint density at radius 1 is 1.21 bits per heavy atom. The van der Waals surface area contributed by atoms with Crippen molar-refractivity contribution in [1.82, 2.24) is 9.36 Å². The molecule has 0 radical (unpaired) electrons. The van der Waals surface area contributed by atoms with E-state index in [2.05, 4.69) is 0 Å². The second-order valence-electron chi connectivity index (χ2n) is 5.38. The zero-order valence-corrected chi connectivity index (χ0v) is 12.2. The maximum Gasteiger partial charge on any atom is 0.294 e. The van der Waals surface area contributed by atoms with Crippen LogP contribution in [0.1, 0.15) is 36.6 Å². The minimum absolute atomic E-state index is 0.139. The largest absolute Gasteiger partial charge is 0.393 e. The Bertz CT molecular complexity index is 677. The van der Waals surface area contributed by atoms with Crippen molar-refractivity contribution in [3.05, 3.63) is 45.4 Å². The van der Waals surface area contributed by atoms with Crippen LogP contribution in [0.5, 0.6) is 0 Å². The SMILES string of the molecule is Cc1ccc(C)c(-n2c(=O)c(N)c(C(C)C)n2C)c1. The number of hydrogen-bond donors (Lipinski definition) is 1. The lowest BCUT2D eigenvalue weighted by Gasteiger charge is -2.14. The Balaban J connectivity index is 2.80. The minimum atomic E-state index is -0.139. The molecule has 0 aliphatic rings. The van der Waals surface area contributed by atoms with Gasteiger partial charge in [0.25, 0.3) is 5.56 Å². The van der Waals surface area contributed by atoms with Crippen LogP contribution in [0.4, 0.5) is 5.69 Å². The molecule has 0 atom stereocenters. The predicted octanol–water partition coefficient (Wildman–Crippen LogP) is 2.50. The van der Waals surface area contributed by atoms with E-state index in [9.17, 15) is 4.79 Å². The molecule has 102 valence electrons. The molecule has 0 aliphatic heterocycles. The summed E-state index contributed by atoms with van der Waals surface area (Å²) in [7, 11) is 1.88. The lowest BCUT2D eigenvalue weighted by molar-refractivity contribution is 0.593. The van der Waals surface area contributed by atoms with Gasteiger partial charge in [0, 0.05) is 7.05 Å². The number of nitrogens with two attached hydrogens (primary N) is 1. The molecule has 0 unspecified atom stereocenters. The average Bonchev–Trinajstić information content (AvgIpc) is 2.54. The van der Waals surface area contributed by atoms with E-state index in [0.29, 0.717) is 5.69 Å². The van der Waals surface area contributed by atoms with Gasteiger partial charge in [-0.3, -0.25) is 9.48 Å². The van der Waals surface area contributed by atoms with Crippen molar-refractivity contribution in [3.63, 3.8) is 0 Å². The third-order valence-electron chi connectivity index (χ3n) is 3.49. The van der Waals surface area contributed by atoms with E-state index in [4.69, 9.17) is 5.73 Å². The second kappa shape index (κ2) is 4.61. The van der Waals surface area contributed by atoms with Crippen molar-refractivity contribution in [1.29, 1.82) is 0 Å². The smallest absolute Gasteiger partial charge is 0.294 e. The van der Waals surface area contributed by atoms with Gasteiger partial charge in [0.05, 0.1) is 11.4 Å². The van der Waals surface area contributed by atoms with Gasteiger partial charge in [0.15, 0.2) is 0 Å². The summed E-state index contributed by atoms with van der Waals surface area (Å²) in [6, 6.07) is 6.08. The normalized spacial score (nSPS) is 11.3. The van der Waals surface area contributed by atoms with Crippen LogP contribution in [0, 0.1) is 13.8 Å². The molecule has 1 aromatic heterocycles. The monoisotopic (exact) mass is 259 g/mol. The van der Waals surface area contributed by atoms with Crippen molar-refractivity contribution >= 4 is 5.69 Å². The molecule has 1 heterocycles. The number of aromatic nitrogens is 2. The van der Waals surface area contributed by atoms with Crippen LogP contribution in [0.25, 0.3) is 5.69 Å². The summed E-state index contributed by atoms with van der Waals surface area (Å²) < 4.78 is 3.52. The van der Waals surface area contributed by atoms with Crippen LogP contribution in [0.15, 0.2) is 23.0 Å². The van der Waals surface area contributed by atoms with Gasteiger partial charge in [-0.1, -0.05) is 26.0 Å². The van der Waals surface area contributed by atoms with Crippen molar-refractivity contribution < 1.29 is 0 Å². The quantitative estimate of drug-likeness (QED) is 0.901. The Labute approximate surface area is 113 Å². The molecule has 4 nitrogen and oxygen atoms in total. The summed E-state index contributed by atoms with van der Waals surface area (Å²) in [6.45, 7) is 8.10. The lowest BCUT2D eigenvalue weighted by atomic mass is 10.1. The van der Waals surface area contributed by atoms with Crippen LogP contribution < -0.4 is 11.3 Å². The third-order valence-corrected chi connectivity index (χ3v) is 3.49. The molecule has 0 amide bonds. The molecule has 0 fully saturated rings. The molecule has 0 saturated carbocycles. The zero-order chi connectivity index (χ0) is 14.3. The van der Waals surface area contributed by atoms with Crippen molar-refractivity contribution in [2.75, 3.05) is 5.73 Å². The van der Waals surface area contributed by atoms with Gasteiger partial charge in [-0.2, -0.15) is 0 Å². The highest BCUT2D eigenvalue weighted by Crippen LogP contribution is 2.22. The van der Waals surface area contributed by atoms with E-state index < -0.39 is 0 Å². The number of nitrogen functional groups attached to an aromatic ring is 1. The van der Waals surface area contributed by atoms with Gasteiger partial charge in [-0.15, -0.1) is 0 Å². The molecule has 2 aromatic rings. The molecule has 0 bridgehead atoms. The fourth-order valence-corrected chi connectivity index (χ4v) is 2.55. The topological polar surface area (TPSA) is 52.9 Å². The Kier molecular flexibility index (Phi) is 3.27. The molecule has 0 saturated heterocycles. The van der Waals surface area contributed by atoms with E-state index >= 15 is 0 Å². The Hall–Kier alpha value is -1.97. The first-order valence-corrected chi connectivity index (χ1v) is 6.49. The number of rotatable bonds is 2. The van der Waals surface area contributed by atoms with Crippen LogP contribution in [0.2, 0.25) is 0 Å². The molecule has 19 heavy (non-hydrogen) atoms. The van der Waals surface area contributed by atoms with Gasteiger partial charge in [-0.05, 0) is 37.0 Å². The predicted molar refractivity (Wildman–Crippen MR) is 79.0 cm³/mol. The molecule has 0 aliphatic carbocycles. The summed E-state index contributed by atoms with van der Waals surface area (Å²) in [4.78, 5) is 12.4. The maximum absolute atomic E-state index is 12.4. The number of benzene rings is 1. The number of anilines is 1. The first kappa shape index (κ1) is 13.5. The summed E-state index contributed by atoms with van der Waals surface area (Å²) in [5.41, 5.74) is 10.1. The molecule has 0 spiro atoms. The third kappa shape index (κ3) is 2.07. The fourth-order valence-electron chi connectivity index (χ4n) is 2.55. The summed E-state index contributed by atoms with van der Waals surface area (Å²) in [6.07, 6.45) is 0. The number of nitrogens with zero attached hydrogens (tertiary/aromatic N) is 2. The highest BCUT2D eigenvalue weighted by atomic mass is 16.1. The molecule has 2 N–H and O–H groups in total. The Morgan fingerprint density at radius 2 is 1.84 bits per heavy atom. The summed E-state index contributed by atoms with van der Waals surface area (Å²) in [5.74, 6) is 0.212. The molecular formula is C15H21N3O. The zero-order valence-electron chi connectivity index (χ0n) is 12.2. The Morgan fingerprint density at radius 3 is 2.37 bits per heavy atom. The highest BCUT2D eigenvalue weighted by molar-refractivity contribution is 5.49. The van der Waals surface area contributed by atoms with Crippen molar-refractivity contribution in [2.24, 2.45) is 7.05 Å². The summed E-state index contributed by atoms with van der Waals surface area (Å²) >= 11 is 0. The number of hydrogen-bond acceptors (Lipinski definition) is 2.